The molecule has 0 fully saturated rings. The van der Waals surface area contributed by atoms with Crippen molar-refractivity contribution < 1.29 is 13.9 Å². The van der Waals surface area contributed by atoms with Crippen molar-refractivity contribution in [3.8, 4) is 5.75 Å². The Labute approximate surface area is 200 Å². The second kappa shape index (κ2) is 9.77. The molecule has 0 bridgehead atoms. The molecule has 0 atom stereocenters. The minimum atomic E-state index is -0.368. The van der Waals surface area contributed by atoms with Crippen LogP contribution in [0.3, 0.4) is 0 Å². The van der Waals surface area contributed by atoms with Gasteiger partial charge in [0.05, 0.1) is 5.69 Å². The number of thiazole rings is 1. The topological polar surface area (TPSA) is 64.4 Å². The molecular formula is C24H20Cl2N2O3S. The largest absolute Gasteiger partial charge is 0.486 e. The van der Waals surface area contributed by atoms with Gasteiger partial charge in [0, 0.05) is 21.3 Å². The molecule has 0 aliphatic rings. The Hall–Kier alpha value is -2.80. The standard InChI is InChI=1S/C24H20Cl2N2O3S/c1-14-3-6-18(7-4-14)30-13-19-8-10-21(31-19)23(29)28-24-27-15(2)22(32-24)12-16-11-17(25)5-9-20(16)26/h3-11H,12-13H2,1-2H3,(H,27,28,29). The van der Waals surface area contributed by atoms with Crippen molar-refractivity contribution in [3.63, 3.8) is 0 Å². The average Bonchev–Trinajstić information content (AvgIpc) is 3.37. The summed E-state index contributed by atoms with van der Waals surface area (Å²) in [4.78, 5) is 18.1. The number of rotatable bonds is 7. The van der Waals surface area contributed by atoms with Crippen LogP contribution in [0, 0.1) is 13.8 Å². The maximum absolute atomic E-state index is 12.6. The van der Waals surface area contributed by atoms with E-state index >= 15 is 0 Å². The Morgan fingerprint density at radius 3 is 2.66 bits per heavy atom. The van der Waals surface area contributed by atoms with Gasteiger partial charge < -0.3 is 9.15 Å². The Kier molecular flexibility index (Phi) is 6.84. The van der Waals surface area contributed by atoms with Crippen molar-refractivity contribution in [2.24, 2.45) is 0 Å². The number of carbonyl (C=O) groups is 1. The number of amides is 1. The zero-order chi connectivity index (χ0) is 22.7. The van der Waals surface area contributed by atoms with Crippen molar-refractivity contribution >= 4 is 45.6 Å². The van der Waals surface area contributed by atoms with Gasteiger partial charge in [-0.2, -0.15) is 0 Å². The number of furan rings is 1. The van der Waals surface area contributed by atoms with Crippen molar-refractivity contribution in [1.82, 2.24) is 4.98 Å². The average molecular weight is 487 g/mol. The lowest BCUT2D eigenvalue weighted by Crippen LogP contribution is -2.10. The molecule has 4 rings (SSSR count). The fourth-order valence-electron chi connectivity index (χ4n) is 3.02. The Morgan fingerprint density at radius 1 is 1.09 bits per heavy atom. The van der Waals surface area contributed by atoms with Gasteiger partial charge in [-0.05, 0) is 61.9 Å². The number of nitrogens with zero attached hydrogens (tertiary/aromatic N) is 1. The summed E-state index contributed by atoms with van der Waals surface area (Å²) in [6.45, 7) is 4.14. The summed E-state index contributed by atoms with van der Waals surface area (Å²) in [5.41, 5.74) is 2.89. The van der Waals surface area contributed by atoms with Gasteiger partial charge in [-0.1, -0.05) is 40.9 Å². The molecule has 1 amide bonds. The first-order chi connectivity index (χ1) is 15.4. The molecule has 164 valence electrons. The summed E-state index contributed by atoms with van der Waals surface area (Å²) in [6.07, 6.45) is 0.583. The molecule has 0 spiro atoms. The Balaban J connectivity index is 1.38. The van der Waals surface area contributed by atoms with E-state index in [1.54, 1.807) is 24.3 Å². The van der Waals surface area contributed by atoms with Crippen molar-refractivity contribution in [1.29, 1.82) is 0 Å². The van der Waals surface area contributed by atoms with Gasteiger partial charge in [0.25, 0.3) is 5.91 Å². The summed E-state index contributed by atoms with van der Waals surface area (Å²) >= 11 is 13.8. The van der Waals surface area contributed by atoms with Crippen LogP contribution in [-0.4, -0.2) is 10.9 Å². The molecule has 0 aliphatic carbocycles. The van der Waals surface area contributed by atoms with Crippen molar-refractivity contribution in [2.75, 3.05) is 5.32 Å². The van der Waals surface area contributed by atoms with Crippen molar-refractivity contribution in [3.05, 3.63) is 97.9 Å². The molecule has 2 aromatic heterocycles. The molecule has 1 N–H and O–H groups in total. The van der Waals surface area contributed by atoms with Gasteiger partial charge in [0.15, 0.2) is 10.9 Å². The molecule has 32 heavy (non-hydrogen) atoms. The molecule has 0 aliphatic heterocycles. The summed E-state index contributed by atoms with van der Waals surface area (Å²) in [5, 5.41) is 4.56. The number of anilines is 1. The van der Waals surface area contributed by atoms with E-state index in [1.165, 1.54) is 11.3 Å². The molecule has 5 nitrogen and oxygen atoms in total. The molecule has 0 unspecified atom stereocenters. The number of aryl methyl sites for hydroxylation is 2. The summed E-state index contributed by atoms with van der Waals surface area (Å²) < 4.78 is 11.3. The number of ether oxygens (including phenoxy) is 1. The second-order valence-electron chi connectivity index (χ2n) is 7.26. The van der Waals surface area contributed by atoms with E-state index in [9.17, 15) is 4.79 Å². The zero-order valence-electron chi connectivity index (χ0n) is 17.4. The third-order valence-corrected chi connectivity index (χ3v) is 6.44. The highest BCUT2D eigenvalue weighted by molar-refractivity contribution is 7.15. The van der Waals surface area contributed by atoms with Crippen LogP contribution < -0.4 is 10.1 Å². The molecule has 2 heterocycles. The van der Waals surface area contributed by atoms with Crippen LogP contribution in [0.2, 0.25) is 10.0 Å². The smallest absolute Gasteiger partial charge is 0.293 e. The minimum Gasteiger partial charge on any atom is -0.486 e. The van der Waals surface area contributed by atoms with Gasteiger partial charge in [-0.3, -0.25) is 10.1 Å². The number of aromatic nitrogens is 1. The fourth-order valence-corrected chi connectivity index (χ4v) is 4.38. The number of hydrogen-bond donors (Lipinski definition) is 1. The molecule has 0 saturated heterocycles. The Morgan fingerprint density at radius 2 is 1.88 bits per heavy atom. The lowest BCUT2D eigenvalue weighted by molar-refractivity contribution is 0.0992. The number of nitrogens with one attached hydrogen (secondary N) is 1. The predicted octanol–water partition coefficient (Wildman–Crippen LogP) is 7.08. The summed E-state index contributed by atoms with van der Waals surface area (Å²) in [5.74, 6) is 1.12. The normalized spacial score (nSPS) is 10.9. The van der Waals surface area contributed by atoms with Crippen LogP contribution in [0.4, 0.5) is 5.13 Å². The van der Waals surface area contributed by atoms with E-state index in [-0.39, 0.29) is 18.3 Å². The molecule has 0 radical (unpaired) electrons. The minimum absolute atomic E-state index is 0.194. The maximum atomic E-state index is 12.6. The Bertz CT molecular complexity index is 1250. The highest BCUT2D eigenvalue weighted by Crippen LogP contribution is 2.29. The van der Waals surface area contributed by atoms with Gasteiger partial charge >= 0.3 is 0 Å². The van der Waals surface area contributed by atoms with Crippen molar-refractivity contribution in [2.45, 2.75) is 26.9 Å². The number of halogens is 2. The predicted molar refractivity (Wildman–Crippen MR) is 128 cm³/mol. The second-order valence-corrected chi connectivity index (χ2v) is 9.19. The van der Waals surface area contributed by atoms with Gasteiger partial charge in [-0.25, -0.2) is 4.98 Å². The van der Waals surface area contributed by atoms with E-state index in [2.05, 4.69) is 10.3 Å². The number of benzene rings is 2. The van der Waals surface area contributed by atoms with Crippen LogP contribution >= 0.6 is 34.5 Å². The van der Waals surface area contributed by atoms with Crippen LogP contribution in [0.5, 0.6) is 5.75 Å². The summed E-state index contributed by atoms with van der Waals surface area (Å²) in [6, 6.07) is 16.4. The monoisotopic (exact) mass is 486 g/mol. The van der Waals surface area contributed by atoms with Crippen LogP contribution in [0.15, 0.2) is 59.0 Å². The van der Waals surface area contributed by atoms with Crippen LogP contribution in [0.1, 0.15) is 38.0 Å². The number of hydrogen-bond acceptors (Lipinski definition) is 5. The third kappa shape index (κ3) is 5.51. The third-order valence-electron chi connectivity index (χ3n) is 4.76. The fraction of sp³-hybridized carbons (Fsp3) is 0.167. The van der Waals surface area contributed by atoms with Crippen LogP contribution in [0.25, 0.3) is 0 Å². The summed E-state index contributed by atoms with van der Waals surface area (Å²) in [7, 11) is 0. The number of carbonyl (C=O) groups excluding carboxylic acids is 1. The maximum Gasteiger partial charge on any atom is 0.293 e. The molecule has 8 heteroatoms. The van der Waals surface area contributed by atoms with E-state index in [1.807, 2.05) is 44.2 Å². The van der Waals surface area contributed by atoms with Gasteiger partial charge in [0.2, 0.25) is 0 Å². The van der Waals surface area contributed by atoms with Gasteiger partial charge in [0.1, 0.15) is 18.1 Å². The lowest BCUT2D eigenvalue weighted by Gasteiger charge is -2.04. The van der Waals surface area contributed by atoms with E-state index in [4.69, 9.17) is 32.4 Å². The molecular weight excluding hydrogens is 467 g/mol. The SMILES string of the molecule is Cc1ccc(OCc2ccc(C(=O)Nc3nc(C)c(Cc4cc(Cl)ccc4Cl)s3)o2)cc1. The zero-order valence-corrected chi connectivity index (χ0v) is 19.8. The molecule has 4 aromatic rings. The first-order valence-corrected chi connectivity index (χ1v) is 11.4. The molecule has 0 saturated carbocycles. The van der Waals surface area contributed by atoms with Crippen LogP contribution in [-0.2, 0) is 13.0 Å². The van der Waals surface area contributed by atoms with Gasteiger partial charge in [-0.15, -0.1) is 11.3 Å². The quantitative estimate of drug-likeness (QED) is 0.303. The van der Waals surface area contributed by atoms with E-state index < -0.39 is 0 Å². The van der Waals surface area contributed by atoms with E-state index in [0.717, 1.165) is 27.4 Å². The molecule has 2 aromatic carbocycles. The first kappa shape index (κ1) is 22.4. The first-order valence-electron chi connectivity index (χ1n) is 9.87. The van der Waals surface area contributed by atoms with E-state index in [0.29, 0.717) is 27.4 Å². The lowest BCUT2D eigenvalue weighted by atomic mass is 10.1. The highest BCUT2D eigenvalue weighted by Gasteiger charge is 2.16. The highest BCUT2D eigenvalue weighted by atomic mass is 35.5.